The summed E-state index contributed by atoms with van der Waals surface area (Å²) in [5, 5.41) is 9.45. The first-order valence-electron chi connectivity index (χ1n) is 6.59. The zero-order valence-corrected chi connectivity index (χ0v) is 11.2. The van der Waals surface area contributed by atoms with Crippen LogP contribution in [0.25, 0.3) is 0 Å². The first-order chi connectivity index (χ1) is 9.72. The lowest BCUT2D eigenvalue weighted by molar-refractivity contribution is 0.145. The highest BCUT2D eigenvalue weighted by molar-refractivity contribution is 5.32. The zero-order chi connectivity index (χ0) is 14.4. The third-order valence-corrected chi connectivity index (χ3v) is 3.20. The molecule has 2 rings (SSSR count). The molecule has 0 atom stereocenters. The van der Waals surface area contributed by atoms with Gasteiger partial charge in [0.25, 0.3) is 0 Å². The lowest BCUT2D eigenvalue weighted by Gasteiger charge is -2.29. The van der Waals surface area contributed by atoms with E-state index >= 15 is 0 Å². The maximum Gasteiger partial charge on any atom is 0.225 e. The van der Waals surface area contributed by atoms with Crippen LogP contribution in [0.5, 0.6) is 5.75 Å². The summed E-state index contributed by atoms with van der Waals surface area (Å²) >= 11 is 0. The molecule has 1 aromatic rings. The topological polar surface area (TPSA) is 84.5 Å². The number of hydrogen-bond acceptors (Lipinski definition) is 6. The SMILES string of the molecule is NC/C(=C\F)COc1cnc(N2CCC(O)CC2)nc1. The Morgan fingerprint density at radius 1 is 1.45 bits per heavy atom. The molecule has 0 bridgehead atoms. The van der Waals surface area contributed by atoms with Gasteiger partial charge in [0.15, 0.2) is 5.75 Å². The largest absolute Gasteiger partial charge is 0.486 e. The molecular weight excluding hydrogens is 263 g/mol. The van der Waals surface area contributed by atoms with Crippen LogP contribution in [-0.4, -0.2) is 47.4 Å². The van der Waals surface area contributed by atoms with Crippen molar-refractivity contribution >= 4 is 5.95 Å². The average molecular weight is 282 g/mol. The minimum Gasteiger partial charge on any atom is -0.486 e. The fourth-order valence-corrected chi connectivity index (χ4v) is 1.92. The quantitative estimate of drug-likeness (QED) is 0.824. The fraction of sp³-hybridized carbons (Fsp3) is 0.538. The second-order valence-corrected chi connectivity index (χ2v) is 4.70. The van der Waals surface area contributed by atoms with Crippen molar-refractivity contribution in [3.8, 4) is 5.75 Å². The third kappa shape index (κ3) is 3.88. The molecule has 1 aromatic heterocycles. The monoisotopic (exact) mass is 282 g/mol. The molecule has 1 aliphatic rings. The molecule has 2 heterocycles. The molecule has 6 nitrogen and oxygen atoms in total. The molecule has 0 aromatic carbocycles. The average Bonchev–Trinajstić information content (AvgIpc) is 2.50. The van der Waals surface area contributed by atoms with Crippen molar-refractivity contribution in [1.29, 1.82) is 0 Å². The lowest BCUT2D eigenvalue weighted by atomic mass is 10.1. The maximum absolute atomic E-state index is 12.3. The normalized spacial score (nSPS) is 17.4. The Morgan fingerprint density at radius 2 is 2.10 bits per heavy atom. The number of ether oxygens (including phenoxy) is 1. The summed E-state index contributed by atoms with van der Waals surface area (Å²) in [6, 6.07) is 0. The van der Waals surface area contributed by atoms with Gasteiger partial charge in [0.1, 0.15) is 6.61 Å². The Kier molecular flexibility index (Phi) is 5.25. The first kappa shape index (κ1) is 14.7. The van der Waals surface area contributed by atoms with Crippen molar-refractivity contribution in [2.45, 2.75) is 18.9 Å². The number of hydrogen-bond donors (Lipinski definition) is 2. The van der Waals surface area contributed by atoms with Crippen LogP contribution in [0.4, 0.5) is 10.3 Å². The van der Waals surface area contributed by atoms with Crippen LogP contribution in [0.2, 0.25) is 0 Å². The highest BCUT2D eigenvalue weighted by atomic mass is 19.1. The lowest BCUT2D eigenvalue weighted by Crippen LogP contribution is -2.36. The molecule has 3 N–H and O–H groups in total. The molecular formula is C13H19FN4O2. The van der Waals surface area contributed by atoms with Crippen LogP contribution >= 0.6 is 0 Å². The summed E-state index contributed by atoms with van der Waals surface area (Å²) in [6.07, 6.45) is 4.79. The smallest absolute Gasteiger partial charge is 0.225 e. The molecule has 0 spiro atoms. The predicted octanol–water partition coefficient (Wildman–Crippen LogP) is 0.629. The van der Waals surface area contributed by atoms with Crippen LogP contribution in [0.1, 0.15) is 12.8 Å². The van der Waals surface area contributed by atoms with Crippen molar-refractivity contribution in [2.24, 2.45) is 5.73 Å². The van der Waals surface area contributed by atoms with Crippen molar-refractivity contribution in [3.05, 3.63) is 24.3 Å². The maximum atomic E-state index is 12.3. The van der Waals surface area contributed by atoms with Gasteiger partial charge in [-0.1, -0.05) is 0 Å². The summed E-state index contributed by atoms with van der Waals surface area (Å²) in [5.41, 5.74) is 5.71. The Balaban J connectivity index is 1.89. The highest BCUT2D eigenvalue weighted by Crippen LogP contribution is 2.17. The number of anilines is 1. The number of nitrogens with two attached hydrogens (primary N) is 1. The number of aromatic nitrogens is 2. The summed E-state index contributed by atoms with van der Waals surface area (Å²) in [6.45, 7) is 1.68. The minimum absolute atomic E-state index is 0.0889. The van der Waals surface area contributed by atoms with Crippen LogP contribution in [0.3, 0.4) is 0 Å². The van der Waals surface area contributed by atoms with E-state index < -0.39 is 0 Å². The van der Waals surface area contributed by atoms with E-state index in [4.69, 9.17) is 10.5 Å². The summed E-state index contributed by atoms with van der Waals surface area (Å²) in [4.78, 5) is 10.5. The van der Waals surface area contributed by atoms with Gasteiger partial charge in [0, 0.05) is 25.2 Å². The van der Waals surface area contributed by atoms with E-state index in [1.807, 2.05) is 4.90 Å². The standard InChI is InChI=1S/C13H19FN4O2/c14-5-10(6-15)9-20-12-7-16-13(17-8-12)18-3-1-11(19)2-4-18/h5,7-8,11,19H,1-4,6,9,15H2/b10-5+. The fourth-order valence-electron chi connectivity index (χ4n) is 1.92. The predicted molar refractivity (Wildman–Crippen MR) is 73.2 cm³/mol. The summed E-state index contributed by atoms with van der Waals surface area (Å²) in [5.74, 6) is 1.09. The van der Waals surface area contributed by atoms with Crippen molar-refractivity contribution in [2.75, 3.05) is 31.1 Å². The van der Waals surface area contributed by atoms with Gasteiger partial charge >= 0.3 is 0 Å². The van der Waals surface area contributed by atoms with Gasteiger partial charge in [0.05, 0.1) is 24.8 Å². The molecule has 1 fully saturated rings. The summed E-state index contributed by atoms with van der Waals surface area (Å²) < 4.78 is 17.7. The van der Waals surface area contributed by atoms with Crippen molar-refractivity contribution in [1.82, 2.24) is 9.97 Å². The van der Waals surface area contributed by atoms with E-state index in [1.54, 1.807) is 12.4 Å². The molecule has 7 heteroatoms. The van der Waals surface area contributed by atoms with Gasteiger partial charge in [-0.05, 0) is 12.8 Å². The number of aliphatic hydroxyl groups excluding tert-OH is 1. The van der Waals surface area contributed by atoms with Gasteiger partial charge in [-0.3, -0.25) is 0 Å². The molecule has 20 heavy (non-hydrogen) atoms. The number of rotatable bonds is 5. The van der Waals surface area contributed by atoms with Gasteiger partial charge in [-0.15, -0.1) is 0 Å². The van der Waals surface area contributed by atoms with Gasteiger partial charge in [-0.25, -0.2) is 14.4 Å². The number of aliphatic hydroxyl groups is 1. The molecule has 1 saturated heterocycles. The molecule has 0 aliphatic carbocycles. The van der Waals surface area contributed by atoms with E-state index in [0.29, 0.717) is 23.6 Å². The van der Waals surface area contributed by atoms with Crippen LogP contribution in [-0.2, 0) is 0 Å². The Hall–Kier alpha value is -1.73. The van der Waals surface area contributed by atoms with Crippen LogP contribution in [0, 0.1) is 0 Å². The van der Waals surface area contributed by atoms with Crippen LogP contribution in [0.15, 0.2) is 24.3 Å². The number of halogens is 1. The minimum atomic E-state index is -0.226. The van der Waals surface area contributed by atoms with E-state index in [2.05, 4.69) is 9.97 Å². The van der Waals surface area contributed by atoms with Gasteiger partial charge in [-0.2, -0.15) is 0 Å². The molecule has 110 valence electrons. The Bertz CT molecular complexity index is 444. The number of piperidine rings is 1. The molecule has 0 saturated carbocycles. The third-order valence-electron chi connectivity index (χ3n) is 3.20. The molecule has 0 radical (unpaired) electrons. The Morgan fingerprint density at radius 3 is 2.65 bits per heavy atom. The molecule has 0 unspecified atom stereocenters. The van der Waals surface area contributed by atoms with Crippen LogP contribution < -0.4 is 15.4 Å². The van der Waals surface area contributed by atoms with E-state index in [0.717, 1.165) is 25.9 Å². The summed E-state index contributed by atoms with van der Waals surface area (Å²) in [7, 11) is 0. The van der Waals surface area contributed by atoms with E-state index in [-0.39, 0.29) is 19.3 Å². The number of nitrogens with zero attached hydrogens (tertiary/aromatic N) is 3. The zero-order valence-electron chi connectivity index (χ0n) is 11.2. The second kappa shape index (κ2) is 7.16. The van der Waals surface area contributed by atoms with Gasteiger partial charge in [0.2, 0.25) is 5.95 Å². The second-order valence-electron chi connectivity index (χ2n) is 4.70. The first-order valence-corrected chi connectivity index (χ1v) is 6.59. The highest BCUT2D eigenvalue weighted by Gasteiger charge is 2.18. The van der Waals surface area contributed by atoms with Crippen molar-refractivity contribution < 1.29 is 14.2 Å². The molecule has 1 aliphatic heterocycles. The van der Waals surface area contributed by atoms with E-state index in [9.17, 15) is 9.50 Å². The Labute approximate surface area is 117 Å². The van der Waals surface area contributed by atoms with Gasteiger partial charge < -0.3 is 20.5 Å². The van der Waals surface area contributed by atoms with Crippen molar-refractivity contribution in [3.63, 3.8) is 0 Å². The van der Waals surface area contributed by atoms with E-state index in [1.165, 1.54) is 0 Å². The molecule has 0 amide bonds.